The van der Waals surface area contributed by atoms with E-state index in [1.807, 2.05) is 32.9 Å². The van der Waals surface area contributed by atoms with Gasteiger partial charge in [0.25, 0.3) is 0 Å². The average Bonchev–Trinajstić information content (AvgIpc) is 3.11. The fourth-order valence-electron chi connectivity index (χ4n) is 3.70. The molecule has 0 amide bonds. The number of rotatable bonds is 6. The predicted octanol–water partition coefficient (Wildman–Crippen LogP) is 6.18. The molecule has 6 heteroatoms. The molecule has 0 atom stereocenters. The Bertz CT molecular complexity index is 1220. The number of benzene rings is 2. The molecule has 0 bridgehead atoms. The minimum atomic E-state index is 0.746. The van der Waals surface area contributed by atoms with Gasteiger partial charge in [-0.25, -0.2) is 15.0 Å². The second-order valence-electron chi connectivity index (χ2n) is 7.58. The van der Waals surface area contributed by atoms with Crippen molar-refractivity contribution in [2.45, 2.75) is 34.1 Å². The van der Waals surface area contributed by atoms with E-state index in [0.717, 1.165) is 61.9 Å². The van der Waals surface area contributed by atoms with Gasteiger partial charge in [0.15, 0.2) is 5.13 Å². The van der Waals surface area contributed by atoms with Crippen LogP contribution in [0.1, 0.15) is 33.1 Å². The summed E-state index contributed by atoms with van der Waals surface area (Å²) in [5.41, 5.74) is 6.45. The number of aromatic nitrogens is 3. The van der Waals surface area contributed by atoms with E-state index in [9.17, 15) is 0 Å². The van der Waals surface area contributed by atoms with E-state index in [4.69, 9.17) is 14.7 Å². The van der Waals surface area contributed by atoms with E-state index in [0.29, 0.717) is 0 Å². The lowest BCUT2D eigenvalue weighted by Gasteiger charge is -2.13. The van der Waals surface area contributed by atoms with Crippen LogP contribution in [-0.2, 0) is 6.42 Å². The van der Waals surface area contributed by atoms with Crippen molar-refractivity contribution in [3.63, 3.8) is 0 Å². The van der Waals surface area contributed by atoms with Crippen molar-refractivity contribution >= 4 is 22.3 Å². The van der Waals surface area contributed by atoms with Gasteiger partial charge in [0, 0.05) is 28.1 Å². The second kappa shape index (κ2) is 8.86. The molecule has 158 valence electrons. The Hall–Kier alpha value is -3.25. The fraction of sp³-hybridized carbons (Fsp3) is 0.240. The molecule has 1 N–H and O–H groups in total. The van der Waals surface area contributed by atoms with Crippen molar-refractivity contribution in [2.24, 2.45) is 0 Å². The molecule has 2 aromatic carbocycles. The number of hydrogen-bond donors (Lipinski definition) is 1. The van der Waals surface area contributed by atoms with Gasteiger partial charge in [-0.1, -0.05) is 30.3 Å². The number of nitrogens with zero attached hydrogens (tertiary/aromatic N) is 3. The third kappa shape index (κ3) is 4.59. The number of hydrogen-bond acceptors (Lipinski definition) is 6. The maximum atomic E-state index is 5.39. The quantitative estimate of drug-likeness (QED) is 0.396. The molecule has 0 spiro atoms. The first-order chi connectivity index (χ1) is 14.9. The summed E-state index contributed by atoms with van der Waals surface area (Å²) in [7, 11) is 1.69. The number of anilines is 2. The molecule has 5 nitrogen and oxygen atoms in total. The highest BCUT2D eigenvalue weighted by Gasteiger charge is 2.16. The Kier molecular flexibility index (Phi) is 6.00. The molecule has 31 heavy (non-hydrogen) atoms. The Labute approximate surface area is 187 Å². The molecule has 0 aliphatic heterocycles. The van der Waals surface area contributed by atoms with Crippen LogP contribution < -0.4 is 10.1 Å². The van der Waals surface area contributed by atoms with Crippen LogP contribution >= 0.6 is 11.3 Å². The van der Waals surface area contributed by atoms with Crippen LogP contribution in [0.3, 0.4) is 0 Å². The lowest BCUT2D eigenvalue weighted by molar-refractivity contribution is 0.412. The summed E-state index contributed by atoms with van der Waals surface area (Å²) in [5.74, 6) is 2.45. The van der Waals surface area contributed by atoms with Gasteiger partial charge >= 0.3 is 0 Å². The summed E-state index contributed by atoms with van der Waals surface area (Å²) in [5, 5.41) is 4.30. The highest BCUT2D eigenvalue weighted by molar-refractivity contribution is 7.16. The minimum absolute atomic E-state index is 0.746. The molecule has 2 heterocycles. The zero-order chi connectivity index (χ0) is 22.0. The monoisotopic (exact) mass is 430 g/mol. The molecule has 4 rings (SSSR count). The van der Waals surface area contributed by atoms with Gasteiger partial charge < -0.3 is 10.1 Å². The lowest BCUT2D eigenvalue weighted by Crippen LogP contribution is -2.06. The Morgan fingerprint density at radius 3 is 2.42 bits per heavy atom. The number of aryl methyl sites for hydroxylation is 4. The van der Waals surface area contributed by atoms with Crippen LogP contribution in [0.5, 0.6) is 5.75 Å². The molecule has 0 unspecified atom stereocenters. The van der Waals surface area contributed by atoms with Gasteiger partial charge in [0.1, 0.15) is 17.4 Å². The van der Waals surface area contributed by atoms with Crippen LogP contribution in [-0.4, -0.2) is 22.1 Å². The van der Waals surface area contributed by atoms with Gasteiger partial charge in [-0.3, -0.25) is 0 Å². The molecule has 2 aromatic heterocycles. The molecule has 0 aliphatic rings. The molecular formula is C25H26N4OS. The van der Waals surface area contributed by atoms with Gasteiger partial charge in [0.05, 0.1) is 12.8 Å². The first kappa shape index (κ1) is 21.0. The van der Waals surface area contributed by atoms with Crippen molar-refractivity contribution in [3.8, 4) is 17.0 Å². The van der Waals surface area contributed by atoms with Crippen LogP contribution in [0, 0.1) is 27.7 Å². The van der Waals surface area contributed by atoms with Gasteiger partial charge in [0.2, 0.25) is 0 Å². The van der Waals surface area contributed by atoms with E-state index >= 15 is 0 Å². The van der Waals surface area contributed by atoms with E-state index in [2.05, 4.69) is 53.6 Å². The van der Waals surface area contributed by atoms with Gasteiger partial charge in [-0.15, -0.1) is 11.3 Å². The maximum absolute atomic E-state index is 5.39. The molecule has 4 aromatic rings. The first-order valence-corrected chi connectivity index (χ1v) is 11.0. The zero-order valence-electron chi connectivity index (χ0n) is 18.5. The first-order valence-electron chi connectivity index (χ1n) is 10.2. The van der Waals surface area contributed by atoms with Gasteiger partial charge in [-0.2, -0.15) is 0 Å². The second-order valence-corrected chi connectivity index (χ2v) is 8.78. The average molecular weight is 431 g/mol. The van der Waals surface area contributed by atoms with Crippen LogP contribution in [0.15, 0.2) is 48.5 Å². The maximum Gasteiger partial charge on any atom is 0.189 e. The number of thiazole rings is 1. The number of methoxy groups -OCH3 is 1. The zero-order valence-corrected chi connectivity index (χ0v) is 19.3. The van der Waals surface area contributed by atoms with E-state index < -0.39 is 0 Å². The normalized spacial score (nSPS) is 10.9. The number of nitrogens with one attached hydrogen (secondary N) is 1. The molecule has 0 saturated carbocycles. The summed E-state index contributed by atoms with van der Waals surface area (Å²) in [6, 6.07) is 16.6. The Morgan fingerprint density at radius 1 is 0.935 bits per heavy atom. The van der Waals surface area contributed by atoms with Crippen LogP contribution in [0.4, 0.5) is 10.9 Å². The summed E-state index contributed by atoms with van der Waals surface area (Å²) < 4.78 is 5.39. The van der Waals surface area contributed by atoms with Crippen molar-refractivity contribution in [3.05, 3.63) is 81.6 Å². The van der Waals surface area contributed by atoms with Crippen LogP contribution in [0.2, 0.25) is 0 Å². The molecule has 0 aliphatic carbocycles. The smallest absolute Gasteiger partial charge is 0.189 e. The van der Waals surface area contributed by atoms with Gasteiger partial charge in [-0.05, 0) is 57.0 Å². The minimum Gasteiger partial charge on any atom is -0.496 e. The highest BCUT2D eigenvalue weighted by Crippen LogP contribution is 2.34. The lowest BCUT2D eigenvalue weighted by atomic mass is 10.0. The Morgan fingerprint density at radius 2 is 1.71 bits per heavy atom. The molecule has 0 saturated heterocycles. The van der Waals surface area contributed by atoms with Crippen LogP contribution in [0.25, 0.3) is 11.3 Å². The van der Waals surface area contributed by atoms with E-state index in [-0.39, 0.29) is 0 Å². The van der Waals surface area contributed by atoms with Crippen molar-refractivity contribution in [2.75, 3.05) is 12.4 Å². The molecule has 0 radical (unpaired) electrons. The molecule has 0 fully saturated rings. The predicted molar refractivity (Wildman–Crippen MR) is 128 cm³/mol. The summed E-state index contributed by atoms with van der Waals surface area (Å²) in [6.07, 6.45) is 0.768. The third-order valence-electron chi connectivity index (χ3n) is 5.24. The standard InChI is InChI=1S/C25H26N4OS/c1-15-13-20(11-12-22(15)30-5)23-17(3)31-25(28-23)29-24-21(16(2)26-18(4)27-24)14-19-9-7-6-8-10-19/h6-13H,14H2,1-5H3,(H,26,27,28,29). The highest BCUT2D eigenvalue weighted by atomic mass is 32.1. The van der Waals surface area contributed by atoms with Crippen molar-refractivity contribution < 1.29 is 4.74 Å². The fourth-order valence-corrected chi connectivity index (χ4v) is 4.53. The van der Waals surface area contributed by atoms with E-state index in [1.54, 1.807) is 18.4 Å². The SMILES string of the molecule is COc1ccc(-c2nc(Nc3nc(C)nc(C)c3Cc3ccccc3)sc2C)cc1C. The van der Waals surface area contributed by atoms with Crippen molar-refractivity contribution in [1.29, 1.82) is 0 Å². The number of ether oxygens (including phenoxy) is 1. The topological polar surface area (TPSA) is 59.9 Å². The van der Waals surface area contributed by atoms with Crippen molar-refractivity contribution in [1.82, 2.24) is 15.0 Å². The third-order valence-corrected chi connectivity index (χ3v) is 6.13. The molecular weight excluding hydrogens is 404 g/mol. The summed E-state index contributed by atoms with van der Waals surface area (Å²) in [4.78, 5) is 15.3. The summed E-state index contributed by atoms with van der Waals surface area (Å²) >= 11 is 1.63. The summed E-state index contributed by atoms with van der Waals surface area (Å²) in [6.45, 7) is 8.10. The largest absolute Gasteiger partial charge is 0.496 e. The Balaban J connectivity index is 1.67. The van der Waals surface area contributed by atoms with E-state index in [1.165, 1.54) is 5.56 Å².